The van der Waals surface area contributed by atoms with Crippen LogP contribution in [0, 0.1) is 0 Å². The highest BCUT2D eigenvalue weighted by atomic mass is 15.0. The molecule has 1 saturated heterocycles. The highest BCUT2D eigenvalue weighted by Crippen LogP contribution is 2.24. The first-order chi connectivity index (χ1) is 5.27. The summed E-state index contributed by atoms with van der Waals surface area (Å²) in [6.45, 7) is 5.86. The van der Waals surface area contributed by atoms with Crippen LogP contribution in [-0.2, 0) is 0 Å². The normalized spacial score (nSPS) is 30.0. The molecule has 0 aromatic heterocycles. The zero-order valence-corrected chi connectivity index (χ0v) is 7.95. The SMILES string of the molecule is CCCCCCC1(C)CCN1. The molecule has 1 nitrogen and oxygen atoms in total. The number of nitrogens with one attached hydrogen (secondary N) is 1. The van der Waals surface area contributed by atoms with Crippen LogP contribution in [0.5, 0.6) is 0 Å². The van der Waals surface area contributed by atoms with Gasteiger partial charge in [-0.3, -0.25) is 0 Å². The summed E-state index contributed by atoms with van der Waals surface area (Å²) in [4.78, 5) is 0. The highest BCUT2D eigenvalue weighted by molar-refractivity contribution is 4.91. The molecule has 1 atom stereocenters. The van der Waals surface area contributed by atoms with Gasteiger partial charge in [-0.2, -0.15) is 0 Å². The lowest BCUT2D eigenvalue weighted by molar-refractivity contribution is 0.210. The molecule has 1 aliphatic rings. The van der Waals surface area contributed by atoms with Gasteiger partial charge in [-0.15, -0.1) is 0 Å². The summed E-state index contributed by atoms with van der Waals surface area (Å²) < 4.78 is 0. The minimum Gasteiger partial charge on any atom is -0.311 e. The Morgan fingerprint density at radius 1 is 1.27 bits per heavy atom. The van der Waals surface area contributed by atoms with Gasteiger partial charge in [0.1, 0.15) is 0 Å². The van der Waals surface area contributed by atoms with Gasteiger partial charge in [0.25, 0.3) is 0 Å². The standard InChI is InChI=1S/C10H21N/c1-3-4-5-6-7-10(2)8-9-11-10/h11H,3-9H2,1-2H3. The molecule has 1 heterocycles. The number of hydrogen-bond acceptors (Lipinski definition) is 1. The topological polar surface area (TPSA) is 12.0 Å². The third-order valence-electron chi connectivity index (χ3n) is 2.81. The monoisotopic (exact) mass is 155 g/mol. The van der Waals surface area contributed by atoms with E-state index in [4.69, 9.17) is 0 Å². The Hall–Kier alpha value is -0.0400. The van der Waals surface area contributed by atoms with Crippen molar-refractivity contribution in [1.82, 2.24) is 5.32 Å². The van der Waals surface area contributed by atoms with E-state index in [9.17, 15) is 0 Å². The molecule has 66 valence electrons. The van der Waals surface area contributed by atoms with Crippen molar-refractivity contribution in [2.45, 2.75) is 57.9 Å². The van der Waals surface area contributed by atoms with Gasteiger partial charge in [0.2, 0.25) is 0 Å². The lowest BCUT2D eigenvalue weighted by atomic mass is 9.85. The Morgan fingerprint density at radius 2 is 2.00 bits per heavy atom. The van der Waals surface area contributed by atoms with Gasteiger partial charge in [-0.05, 0) is 26.3 Å². The Balaban J connectivity index is 1.94. The highest BCUT2D eigenvalue weighted by Gasteiger charge is 2.29. The second-order valence-corrected chi connectivity index (χ2v) is 4.05. The Kier molecular flexibility index (Phi) is 3.38. The van der Waals surface area contributed by atoms with Crippen molar-refractivity contribution in [3.05, 3.63) is 0 Å². The maximum atomic E-state index is 3.50. The van der Waals surface area contributed by atoms with Gasteiger partial charge in [-0.25, -0.2) is 0 Å². The van der Waals surface area contributed by atoms with E-state index in [1.165, 1.54) is 45.1 Å². The zero-order valence-electron chi connectivity index (χ0n) is 7.95. The second-order valence-electron chi connectivity index (χ2n) is 4.05. The molecular formula is C10H21N. The summed E-state index contributed by atoms with van der Waals surface area (Å²) in [6.07, 6.45) is 8.37. The van der Waals surface area contributed by atoms with Crippen LogP contribution < -0.4 is 5.32 Å². The van der Waals surface area contributed by atoms with Gasteiger partial charge in [0.15, 0.2) is 0 Å². The van der Waals surface area contributed by atoms with Crippen molar-refractivity contribution in [1.29, 1.82) is 0 Å². The van der Waals surface area contributed by atoms with Crippen LogP contribution in [-0.4, -0.2) is 12.1 Å². The molecule has 1 rings (SSSR count). The largest absolute Gasteiger partial charge is 0.311 e. The molecule has 0 spiro atoms. The average Bonchev–Trinajstić information content (AvgIpc) is 1.95. The van der Waals surface area contributed by atoms with Crippen molar-refractivity contribution in [3.63, 3.8) is 0 Å². The molecular weight excluding hydrogens is 134 g/mol. The minimum atomic E-state index is 0.522. The van der Waals surface area contributed by atoms with E-state index in [0.717, 1.165) is 0 Å². The van der Waals surface area contributed by atoms with Crippen molar-refractivity contribution in [2.75, 3.05) is 6.54 Å². The first-order valence-corrected chi connectivity index (χ1v) is 5.02. The maximum absolute atomic E-state index is 3.50. The predicted molar refractivity (Wildman–Crippen MR) is 49.8 cm³/mol. The zero-order chi connectivity index (χ0) is 8.16. The minimum absolute atomic E-state index is 0.522. The molecule has 0 aromatic carbocycles. The lowest BCUT2D eigenvalue weighted by Crippen LogP contribution is -2.54. The molecule has 11 heavy (non-hydrogen) atoms. The van der Waals surface area contributed by atoms with Crippen LogP contribution in [0.1, 0.15) is 52.4 Å². The van der Waals surface area contributed by atoms with E-state index < -0.39 is 0 Å². The van der Waals surface area contributed by atoms with Crippen molar-refractivity contribution >= 4 is 0 Å². The van der Waals surface area contributed by atoms with Crippen molar-refractivity contribution in [2.24, 2.45) is 0 Å². The van der Waals surface area contributed by atoms with Crippen LogP contribution in [0.2, 0.25) is 0 Å². The summed E-state index contributed by atoms with van der Waals surface area (Å²) in [5.41, 5.74) is 0.522. The smallest absolute Gasteiger partial charge is 0.0165 e. The van der Waals surface area contributed by atoms with Crippen molar-refractivity contribution in [3.8, 4) is 0 Å². The fourth-order valence-electron chi connectivity index (χ4n) is 1.71. The molecule has 0 bridgehead atoms. The van der Waals surface area contributed by atoms with E-state index in [1.54, 1.807) is 0 Å². The first kappa shape index (κ1) is 9.05. The van der Waals surface area contributed by atoms with Gasteiger partial charge in [0.05, 0.1) is 0 Å². The molecule has 1 N–H and O–H groups in total. The van der Waals surface area contributed by atoms with Gasteiger partial charge >= 0.3 is 0 Å². The van der Waals surface area contributed by atoms with Crippen LogP contribution in [0.4, 0.5) is 0 Å². The molecule has 0 saturated carbocycles. The molecule has 0 radical (unpaired) electrons. The summed E-state index contributed by atoms with van der Waals surface area (Å²) >= 11 is 0. The Bertz CT molecular complexity index is 105. The molecule has 1 fully saturated rings. The van der Waals surface area contributed by atoms with Crippen LogP contribution in [0.3, 0.4) is 0 Å². The van der Waals surface area contributed by atoms with Gasteiger partial charge in [0, 0.05) is 5.54 Å². The molecule has 0 amide bonds. The van der Waals surface area contributed by atoms with Gasteiger partial charge in [-0.1, -0.05) is 32.6 Å². The lowest BCUT2D eigenvalue weighted by Gasteiger charge is -2.40. The van der Waals surface area contributed by atoms with E-state index >= 15 is 0 Å². The Morgan fingerprint density at radius 3 is 2.45 bits per heavy atom. The predicted octanol–water partition coefficient (Wildman–Crippen LogP) is 2.71. The summed E-state index contributed by atoms with van der Waals surface area (Å²) in [7, 11) is 0. The average molecular weight is 155 g/mol. The first-order valence-electron chi connectivity index (χ1n) is 5.02. The maximum Gasteiger partial charge on any atom is 0.0165 e. The van der Waals surface area contributed by atoms with Crippen LogP contribution in [0.15, 0.2) is 0 Å². The van der Waals surface area contributed by atoms with E-state index in [2.05, 4.69) is 19.2 Å². The summed E-state index contributed by atoms with van der Waals surface area (Å²) in [5.74, 6) is 0. The molecule has 1 aliphatic heterocycles. The Labute approximate surface area is 70.6 Å². The quantitative estimate of drug-likeness (QED) is 0.602. The van der Waals surface area contributed by atoms with E-state index in [1.807, 2.05) is 0 Å². The molecule has 1 heteroatoms. The van der Waals surface area contributed by atoms with E-state index in [0.29, 0.717) is 5.54 Å². The van der Waals surface area contributed by atoms with Crippen molar-refractivity contribution < 1.29 is 0 Å². The van der Waals surface area contributed by atoms with Crippen LogP contribution in [0.25, 0.3) is 0 Å². The third kappa shape index (κ3) is 2.82. The molecule has 0 aliphatic carbocycles. The summed E-state index contributed by atoms with van der Waals surface area (Å²) in [5, 5.41) is 3.50. The fourth-order valence-corrected chi connectivity index (χ4v) is 1.71. The molecule has 1 unspecified atom stereocenters. The van der Waals surface area contributed by atoms with Crippen LogP contribution >= 0.6 is 0 Å². The third-order valence-corrected chi connectivity index (χ3v) is 2.81. The fraction of sp³-hybridized carbons (Fsp3) is 1.00. The molecule has 0 aromatic rings. The number of unbranched alkanes of at least 4 members (excludes halogenated alkanes) is 3. The number of rotatable bonds is 5. The second kappa shape index (κ2) is 4.10. The number of hydrogen-bond donors (Lipinski definition) is 1. The van der Waals surface area contributed by atoms with E-state index in [-0.39, 0.29) is 0 Å². The van der Waals surface area contributed by atoms with Gasteiger partial charge < -0.3 is 5.32 Å². The summed E-state index contributed by atoms with van der Waals surface area (Å²) in [6, 6.07) is 0.